The lowest BCUT2D eigenvalue weighted by Gasteiger charge is -2.09. The van der Waals surface area contributed by atoms with Crippen LogP contribution in [0.4, 0.5) is 5.69 Å². The van der Waals surface area contributed by atoms with E-state index in [0.717, 1.165) is 11.3 Å². The van der Waals surface area contributed by atoms with Crippen molar-refractivity contribution in [1.82, 2.24) is 0 Å². The highest BCUT2D eigenvalue weighted by Crippen LogP contribution is 2.28. The molecule has 0 aliphatic heterocycles. The number of phenolic OH excluding ortho intramolecular Hbond substituents is 2. The standard InChI is InChI=1S/C15H13NO2/c1-2-11-5-3-7-13(9-11)16-10-12-6-4-8-14(17)15(12)18/h1,3-9,16-18H,10H2. The van der Waals surface area contributed by atoms with Gasteiger partial charge in [0.05, 0.1) is 0 Å². The van der Waals surface area contributed by atoms with Crippen molar-refractivity contribution in [1.29, 1.82) is 0 Å². The van der Waals surface area contributed by atoms with E-state index in [0.29, 0.717) is 12.1 Å². The van der Waals surface area contributed by atoms with Crippen LogP contribution in [0, 0.1) is 12.3 Å². The van der Waals surface area contributed by atoms with Gasteiger partial charge in [-0.15, -0.1) is 6.42 Å². The SMILES string of the molecule is C#Cc1cccc(NCc2cccc(O)c2O)c1. The molecule has 0 unspecified atom stereocenters. The van der Waals surface area contributed by atoms with Crippen LogP contribution in [0.25, 0.3) is 0 Å². The monoisotopic (exact) mass is 239 g/mol. The summed E-state index contributed by atoms with van der Waals surface area (Å²) in [5, 5.41) is 22.2. The van der Waals surface area contributed by atoms with Crippen molar-refractivity contribution in [3.8, 4) is 23.8 Å². The molecule has 0 saturated carbocycles. The molecule has 3 nitrogen and oxygen atoms in total. The first-order valence-electron chi connectivity index (χ1n) is 5.51. The third-order valence-corrected chi connectivity index (χ3v) is 2.61. The van der Waals surface area contributed by atoms with Crippen LogP contribution in [0.2, 0.25) is 0 Å². The number of hydrogen-bond donors (Lipinski definition) is 3. The fourth-order valence-electron chi connectivity index (χ4n) is 1.64. The molecule has 18 heavy (non-hydrogen) atoms. The van der Waals surface area contributed by atoms with E-state index in [1.54, 1.807) is 12.1 Å². The second kappa shape index (κ2) is 5.15. The summed E-state index contributed by atoms with van der Waals surface area (Å²) in [5.74, 6) is 2.34. The van der Waals surface area contributed by atoms with Crippen LogP contribution >= 0.6 is 0 Å². The van der Waals surface area contributed by atoms with E-state index >= 15 is 0 Å². The molecule has 0 heterocycles. The molecule has 0 radical (unpaired) electrons. The molecule has 2 rings (SSSR count). The molecule has 0 atom stereocenters. The number of terminal acetylenes is 1. The van der Waals surface area contributed by atoms with Crippen LogP contribution in [0.15, 0.2) is 42.5 Å². The molecule has 2 aromatic carbocycles. The third-order valence-electron chi connectivity index (χ3n) is 2.61. The van der Waals surface area contributed by atoms with Crippen molar-refractivity contribution in [3.63, 3.8) is 0 Å². The Morgan fingerprint density at radius 3 is 2.67 bits per heavy atom. The van der Waals surface area contributed by atoms with E-state index in [1.807, 2.05) is 24.3 Å². The molecule has 0 aromatic heterocycles. The Labute approximate surface area is 106 Å². The molecule has 0 amide bonds. The summed E-state index contributed by atoms with van der Waals surface area (Å²) in [6.45, 7) is 0.411. The number of anilines is 1. The quantitative estimate of drug-likeness (QED) is 0.570. The van der Waals surface area contributed by atoms with Gasteiger partial charge in [-0.2, -0.15) is 0 Å². The Bertz CT molecular complexity index is 600. The maximum atomic E-state index is 9.65. The fourth-order valence-corrected chi connectivity index (χ4v) is 1.64. The first-order valence-corrected chi connectivity index (χ1v) is 5.51. The third kappa shape index (κ3) is 2.55. The topological polar surface area (TPSA) is 52.5 Å². The number of rotatable bonds is 3. The molecule has 0 aliphatic rings. The van der Waals surface area contributed by atoms with Crippen LogP contribution in [0.3, 0.4) is 0 Å². The Morgan fingerprint density at radius 1 is 1.11 bits per heavy atom. The maximum Gasteiger partial charge on any atom is 0.162 e. The zero-order valence-corrected chi connectivity index (χ0v) is 9.72. The second-order valence-electron chi connectivity index (χ2n) is 3.86. The van der Waals surface area contributed by atoms with Crippen LogP contribution in [0.1, 0.15) is 11.1 Å². The zero-order chi connectivity index (χ0) is 13.0. The minimum absolute atomic E-state index is 0.0990. The van der Waals surface area contributed by atoms with Gasteiger partial charge in [-0.05, 0) is 24.3 Å². The van der Waals surface area contributed by atoms with Crippen LogP contribution in [0.5, 0.6) is 11.5 Å². The van der Waals surface area contributed by atoms with Crippen molar-refractivity contribution in [2.75, 3.05) is 5.32 Å². The van der Waals surface area contributed by atoms with Crippen LogP contribution in [-0.4, -0.2) is 10.2 Å². The minimum Gasteiger partial charge on any atom is -0.504 e. The van der Waals surface area contributed by atoms with E-state index in [9.17, 15) is 10.2 Å². The van der Waals surface area contributed by atoms with E-state index in [2.05, 4.69) is 11.2 Å². The lowest BCUT2D eigenvalue weighted by molar-refractivity contribution is 0.400. The van der Waals surface area contributed by atoms with Crippen LogP contribution < -0.4 is 5.32 Å². The summed E-state index contributed by atoms with van der Waals surface area (Å²) in [4.78, 5) is 0. The Hall–Kier alpha value is -2.60. The molecule has 3 N–H and O–H groups in total. The molecule has 0 aliphatic carbocycles. The number of phenols is 2. The lowest BCUT2D eigenvalue weighted by atomic mass is 10.1. The number of para-hydroxylation sites is 1. The molecule has 2 aromatic rings. The number of hydrogen-bond acceptors (Lipinski definition) is 3. The summed E-state index contributed by atoms with van der Waals surface area (Å²) in [7, 11) is 0. The summed E-state index contributed by atoms with van der Waals surface area (Å²) in [5.41, 5.74) is 2.29. The van der Waals surface area contributed by atoms with Gasteiger partial charge in [0.15, 0.2) is 11.5 Å². The van der Waals surface area contributed by atoms with Gasteiger partial charge in [0.25, 0.3) is 0 Å². The maximum absolute atomic E-state index is 9.65. The van der Waals surface area contributed by atoms with Crippen molar-refractivity contribution in [2.24, 2.45) is 0 Å². The van der Waals surface area contributed by atoms with Gasteiger partial charge in [0.1, 0.15) is 0 Å². The number of nitrogens with one attached hydrogen (secondary N) is 1. The van der Waals surface area contributed by atoms with Gasteiger partial charge < -0.3 is 15.5 Å². The lowest BCUT2D eigenvalue weighted by Crippen LogP contribution is -1.99. The Balaban J connectivity index is 2.12. The first kappa shape index (κ1) is 11.9. The summed E-state index contributed by atoms with van der Waals surface area (Å²) in [6, 6.07) is 12.3. The van der Waals surface area contributed by atoms with Gasteiger partial charge in [0.2, 0.25) is 0 Å². The van der Waals surface area contributed by atoms with E-state index < -0.39 is 0 Å². The molecule has 3 heteroatoms. The predicted molar refractivity (Wildman–Crippen MR) is 71.5 cm³/mol. The van der Waals surface area contributed by atoms with Crippen molar-refractivity contribution in [3.05, 3.63) is 53.6 Å². The van der Waals surface area contributed by atoms with Crippen molar-refractivity contribution in [2.45, 2.75) is 6.54 Å². The van der Waals surface area contributed by atoms with Gasteiger partial charge >= 0.3 is 0 Å². The summed E-state index contributed by atoms with van der Waals surface area (Å²) < 4.78 is 0. The smallest absolute Gasteiger partial charge is 0.162 e. The molecule has 0 saturated heterocycles. The van der Waals surface area contributed by atoms with Gasteiger partial charge in [-0.1, -0.05) is 24.1 Å². The fraction of sp³-hybridized carbons (Fsp3) is 0.0667. The van der Waals surface area contributed by atoms with Gasteiger partial charge in [0, 0.05) is 23.4 Å². The molecule has 0 bridgehead atoms. The van der Waals surface area contributed by atoms with Gasteiger partial charge in [-0.25, -0.2) is 0 Å². The highest BCUT2D eigenvalue weighted by molar-refractivity contribution is 5.52. The highest BCUT2D eigenvalue weighted by Gasteiger charge is 2.05. The zero-order valence-electron chi connectivity index (χ0n) is 9.72. The van der Waals surface area contributed by atoms with Crippen molar-refractivity contribution < 1.29 is 10.2 Å². The Kier molecular flexibility index (Phi) is 3.40. The van der Waals surface area contributed by atoms with E-state index in [-0.39, 0.29) is 11.5 Å². The highest BCUT2D eigenvalue weighted by atomic mass is 16.3. The normalized spacial score (nSPS) is 9.72. The molecule has 90 valence electrons. The Morgan fingerprint density at radius 2 is 1.89 bits per heavy atom. The second-order valence-corrected chi connectivity index (χ2v) is 3.86. The minimum atomic E-state index is -0.119. The average molecular weight is 239 g/mol. The van der Waals surface area contributed by atoms with E-state index in [4.69, 9.17) is 6.42 Å². The predicted octanol–water partition coefficient (Wildman–Crippen LogP) is 2.69. The number of aromatic hydroxyl groups is 2. The molecular weight excluding hydrogens is 226 g/mol. The summed E-state index contributed by atoms with van der Waals surface area (Å²) in [6.07, 6.45) is 5.32. The summed E-state index contributed by atoms with van der Waals surface area (Å²) >= 11 is 0. The molecule has 0 fully saturated rings. The number of benzene rings is 2. The molecular formula is C15H13NO2. The van der Waals surface area contributed by atoms with Gasteiger partial charge in [-0.3, -0.25) is 0 Å². The van der Waals surface area contributed by atoms with Crippen LogP contribution in [-0.2, 0) is 6.54 Å². The largest absolute Gasteiger partial charge is 0.504 e. The average Bonchev–Trinajstić information content (AvgIpc) is 2.41. The molecule has 0 spiro atoms. The van der Waals surface area contributed by atoms with E-state index in [1.165, 1.54) is 6.07 Å². The van der Waals surface area contributed by atoms with Crippen molar-refractivity contribution >= 4 is 5.69 Å². The first-order chi connectivity index (χ1) is 8.70.